The zero-order chi connectivity index (χ0) is 20.1. The van der Waals surface area contributed by atoms with Gasteiger partial charge in [-0.3, -0.25) is 4.90 Å². The molecular weight excluding hydrogens is 356 g/mol. The van der Waals surface area contributed by atoms with Crippen LogP contribution in [0.4, 0.5) is 0 Å². The molecule has 0 bridgehead atoms. The number of fused-ring (bicyclic) bond motifs is 1. The van der Waals surface area contributed by atoms with E-state index in [9.17, 15) is 0 Å². The molecular formula is C26H34N2O. The van der Waals surface area contributed by atoms with E-state index in [1.165, 1.54) is 67.3 Å². The van der Waals surface area contributed by atoms with Gasteiger partial charge in [-0.2, -0.15) is 0 Å². The maximum Gasteiger partial charge on any atom is 0.170 e. The average molecular weight is 391 g/mol. The number of likely N-dealkylation sites (tertiary alicyclic amines) is 1. The average Bonchev–Trinajstić information content (AvgIpc) is 3.17. The lowest BCUT2D eigenvalue weighted by molar-refractivity contribution is 0.172. The summed E-state index contributed by atoms with van der Waals surface area (Å²) in [6.45, 7) is 7.93. The molecule has 1 aliphatic rings. The minimum Gasteiger partial charge on any atom is -0.356 e. The van der Waals surface area contributed by atoms with Crippen molar-refractivity contribution in [2.24, 2.45) is 5.92 Å². The number of hydrogen-bond acceptors (Lipinski definition) is 3. The summed E-state index contributed by atoms with van der Waals surface area (Å²) in [5, 5.41) is 5.67. The number of hydrogen-bond donors (Lipinski definition) is 0. The third kappa shape index (κ3) is 4.90. The van der Waals surface area contributed by atoms with Crippen LogP contribution < -0.4 is 0 Å². The number of aryl methyl sites for hydroxylation is 3. The van der Waals surface area contributed by atoms with Crippen LogP contribution in [0.25, 0.3) is 11.0 Å². The number of benzene rings is 2. The van der Waals surface area contributed by atoms with Gasteiger partial charge in [-0.05, 0) is 87.2 Å². The molecule has 3 heteroatoms. The smallest absolute Gasteiger partial charge is 0.170 e. The first-order chi connectivity index (χ1) is 14.2. The molecule has 1 aliphatic heterocycles. The molecule has 29 heavy (non-hydrogen) atoms. The van der Waals surface area contributed by atoms with E-state index in [2.05, 4.69) is 66.4 Å². The second-order valence-electron chi connectivity index (χ2n) is 8.70. The van der Waals surface area contributed by atoms with Gasteiger partial charge in [0.25, 0.3) is 0 Å². The van der Waals surface area contributed by atoms with Crippen molar-refractivity contribution >= 4 is 11.0 Å². The summed E-state index contributed by atoms with van der Waals surface area (Å²) in [7, 11) is 0. The Morgan fingerprint density at radius 3 is 2.59 bits per heavy atom. The number of piperidine rings is 1. The minimum absolute atomic E-state index is 0.804. The fourth-order valence-electron chi connectivity index (χ4n) is 4.66. The van der Waals surface area contributed by atoms with Gasteiger partial charge in [0.1, 0.15) is 0 Å². The molecule has 0 amide bonds. The summed E-state index contributed by atoms with van der Waals surface area (Å²) in [6, 6.07) is 15.4. The monoisotopic (exact) mass is 390 g/mol. The summed E-state index contributed by atoms with van der Waals surface area (Å²) in [6.07, 6.45) is 8.43. The highest BCUT2D eigenvalue weighted by Gasteiger charge is 2.20. The summed E-state index contributed by atoms with van der Waals surface area (Å²) in [5.74, 6) is 0.804. The van der Waals surface area contributed by atoms with Crippen LogP contribution in [-0.4, -0.2) is 23.1 Å². The Labute approximate surface area is 175 Å². The molecule has 3 nitrogen and oxygen atoms in total. The van der Waals surface area contributed by atoms with Crippen LogP contribution in [0.1, 0.15) is 61.4 Å². The second kappa shape index (κ2) is 9.58. The van der Waals surface area contributed by atoms with E-state index >= 15 is 0 Å². The molecule has 0 saturated carbocycles. The van der Waals surface area contributed by atoms with Crippen LogP contribution in [0.3, 0.4) is 0 Å². The fraction of sp³-hybridized carbons (Fsp3) is 0.500. The maximum atomic E-state index is 5.77. The lowest BCUT2D eigenvalue weighted by Gasteiger charge is -2.31. The zero-order valence-corrected chi connectivity index (χ0v) is 18.0. The highest BCUT2D eigenvalue weighted by atomic mass is 16.5. The lowest BCUT2D eigenvalue weighted by Crippen LogP contribution is -2.33. The Kier molecular flexibility index (Phi) is 6.66. The molecule has 4 rings (SSSR count). The topological polar surface area (TPSA) is 29.3 Å². The van der Waals surface area contributed by atoms with E-state index in [1.807, 2.05) is 0 Å². The number of nitrogens with zero attached hydrogens (tertiary/aromatic N) is 2. The van der Waals surface area contributed by atoms with Crippen molar-refractivity contribution in [1.82, 2.24) is 10.1 Å². The van der Waals surface area contributed by atoms with Gasteiger partial charge in [0, 0.05) is 11.9 Å². The molecule has 0 atom stereocenters. The third-order valence-corrected chi connectivity index (χ3v) is 6.62. The Hall–Kier alpha value is -2.13. The number of unbranched alkanes of at least 4 members (excludes halogenated alkanes) is 1. The minimum atomic E-state index is 0.804. The first kappa shape index (κ1) is 20.2. The van der Waals surface area contributed by atoms with Gasteiger partial charge in [0.15, 0.2) is 5.58 Å². The van der Waals surface area contributed by atoms with E-state index in [4.69, 9.17) is 4.52 Å². The van der Waals surface area contributed by atoms with Crippen LogP contribution in [0, 0.1) is 12.8 Å². The molecule has 3 aromatic rings. The highest BCUT2D eigenvalue weighted by molar-refractivity contribution is 5.83. The van der Waals surface area contributed by atoms with Crippen LogP contribution in [0.15, 0.2) is 47.0 Å². The quantitative estimate of drug-likeness (QED) is 0.450. The van der Waals surface area contributed by atoms with Gasteiger partial charge in [-0.25, -0.2) is 0 Å². The molecule has 0 N–H and O–H groups in total. The Morgan fingerprint density at radius 2 is 1.83 bits per heavy atom. The van der Waals surface area contributed by atoms with Crippen molar-refractivity contribution in [2.75, 3.05) is 13.1 Å². The van der Waals surface area contributed by atoms with Gasteiger partial charge >= 0.3 is 0 Å². The van der Waals surface area contributed by atoms with Gasteiger partial charge in [-0.15, -0.1) is 0 Å². The zero-order valence-electron chi connectivity index (χ0n) is 18.0. The number of aromatic nitrogens is 1. The predicted octanol–water partition coefficient (Wildman–Crippen LogP) is 6.32. The first-order valence-electron chi connectivity index (χ1n) is 11.4. The van der Waals surface area contributed by atoms with Gasteiger partial charge in [0.2, 0.25) is 0 Å². The van der Waals surface area contributed by atoms with Crippen molar-refractivity contribution in [3.8, 4) is 0 Å². The molecule has 1 fully saturated rings. The molecule has 2 heterocycles. The molecule has 0 aliphatic carbocycles. The van der Waals surface area contributed by atoms with E-state index in [-0.39, 0.29) is 0 Å². The van der Waals surface area contributed by atoms with E-state index < -0.39 is 0 Å². The van der Waals surface area contributed by atoms with Crippen molar-refractivity contribution in [3.63, 3.8) is 0 Å². The summed E-state index contributed by atoms with van der Waals surface area (Å²) >= 11 is 0. The normalized spacial score (nSPS) is 15.9. The fourth-order valence-corrected chi connectivity index (χ4v) is 4.66. The van der Waals surface area contributed by atoms with E-state index in [0.29, 0.717) is 0 Å². The van der Waals surface area contributed by atoms with E-state index in [0.717, 1.165) is 36.6 Å². The van der Waals surface area contributed by atoms with Crippen molar-refractivity contribution in [1.29, 1.82) is 0 Å². The lowest BCUT2D eigenvalue weighted by atomic mass is 9.90. The third-order valence-electron chi connectivity index (χ3n) is 6.62. The maximum absolute atomic E-state index is 5.77. The Balaban J connectivity index is 1.31. The second-order valence-corrected chi connectivity index (χ2v) is 8.70. The SMILES string of the molecule is CCCCc1ccc2c(CCC3CCN(Cc4ccccc4)CC3)noc2c1C. The standard InChI is InChI=1S/C26H34N2O/c1-3-4-10-23-12-13-24-25(27-29-26(24)20(23)2)14-11-21-15-17-28(18-16-21)19-22-8-6-5-7-9-22/h5-9,12-13,21H,3-4,10-11,14-19H2,1-2H3. The molecule has 154 valence electrons. The van der Waals surface area contributed by atoms with Crippen molar-refractivity contribution < 1.29 is 4.52 Å². The van der Waals surface area contributed by atoms with Gasteiger partial charge < -0.3 is 4.52 Å². The van der Waals surface area contributed by atoms with Gasteiger partial charge in [-0.1, -0.05) is 54.9 Å². The van der Waals surface area contributed by atoms with Gasteiger partial charge in [0.05, 0.1) is 5.69 Å². The Bertz CT molecular complexity index is 907. The Morgan fingerprint density at radius 1 is 1.03 bits per heavy atom. The summed E-state index contributed by atoms with van der Waals surface area (Å²) < 4.78 is 5.77. The predicted molar refractivity (Wildman–Crippen MR) is 120 cm³/mol. The first-order valence-corrected chi connectivity index (χ1v) is 11.4. The van der Waals surface area contributed by atoms with Crippen LogP contribution >= 0.6 is 0 Å². The van der Waals surface area contributed by atoms with Crippen LogP contribution in [0.5, 0.6) is 0 Å². The largest absolute Gasteiger partial charge is 0.356 e. The molecule has 1 aromatic heterocycles. The highest BCUT2D eigenvalue weighted by Crippen LogP contribution is 2.29. The molecule has 1 saturated heterocycles. The molecule has 2 aromatic carbocycles. The number of rotatable bonds is 8. The molecule has 0 spiro atoms. The van der Waals surface area contributed by atoms with Crippen molar-refractivity contribution in [2.45, 2.75) is 65.3 Å². The van der Waals surface area contributed by atoms with Crippen LogP contribution in [-0.2, 0) is 19.4 Å². The molecule has 0 unspecified atom stereocenters. The van der Waals surface area contributed by atoms with E-state index in [1.54, 1.807) is 0 Å². The van der Waals surface area contributed by atoms with Crippen LogP contribution in [0.2, 0.25) is 0 Å². The van der Waals surface area contributed by atoms with Crippen molar-refractivity contribution in [3.05, 3.63) is 64.8 Å². The summed E-state index contributed by atoms with van der Waals surface area (Å²) in [5.41, 5.74) is 6.27. The molecule has 0 radical (unpaired) electrons. The summed E-state index contributed by atoms with van der Waals surface area (Å²) in [4.78, 5) is 2.60.